The second-order valence-corrected chi connectivity index (χ2v) is 6.93. The van der Waals surface area contributed by atoms with Crippen molar-refractivity contribution in [3.63, 3.8) is 0 Å². The van der Waals surface area contributed by atoms with E-state index in [9.17, 15) is 4.79 Å². The molecule has 0 radical (unpaired) electrons. The standard InChI is InChI=1S/C22H29N5O.HI/c1-2-23-22(25-14-12-20-6-3-4-13-24-20)26-16-18-8-10-19(11-9-18)17-27-15-5-7-21(27)28;/h3-4,6,8-11,13H,2,5,7,12,14-17H2,1H3,(H2,23,25,26);1H. The number of nitrogens with one attached hydrogen (secondary N) is 2. The number of halogens is 1. The monoisotopic (exact) mass is 507 g/mol. The predicted octanol–water partition coefficient (Wildman–Crippen LogP) is 3.12. The van der Waals surface area contributed by atoms with E-state index in [1.807, 2.05) is 29.3 Å². The van der Waals surface area contributed by atoms with Gasteiger partial charge in [0, 0.05) is 50.9 Å². The van der Waals surface area contributed by atoms with Gasteiger partial charge in [-0.1, -0.05) is 30.3 Å². The number of carbonyl (C=O) groups is 1. The Morgan fingerprint density at radius 3 is 2.59 bits per heavy atom. The largest absolute Gasteiger partial charge is 0.357 e. The van der Waals surface area contributed by atoms with E-state index in [0.29, 0.717) is 19.5 Å². The Kier molecular flexibility index (Phi) is 9.90. The van der Waals surface area contributed by atoms with Crippen molar-refractivity contribution in [3.8, 4) is 0 Å². The molecule has 1 aromatic carbocycles. The number of nitrogens with zero attached hydrogens (tertiary/aromatic N) is 3. The highest BCUT2D eigenvalue weighted by molar-refractivity contribution is 14.0. The molecule has 1 aliphatic heterocycles. The zero-order valence-electron chi connectivity index (χ0n) is 16.9. The molecule has 3 rings (SSSR count). The second-order valence-electron chi connectivity index (χ2n) is 6.93. The molecule has 2 N–H and O–H groups in total. The SMILES string of the molecule is CCNC(=NCc1ccc(CN2CCCC2=O)cc1)NCCc1ccccn1.I. The number of rotatable bonds is 8. The number of amides is 1. The molecule has 0 bridgehead atoms. The van der Waals surface area contributed by atoms with Crippen molar-refractivity contribution in [1.29, 1.82) is 0 Å². The topological polar surface area (TPSA) is 69.6 Å². The van der Waals surface area contributed by atoms with Gasteiger partial charge in [0.05, 0.1) is 6.54 Å². The van der Waals surface area contributed by atoms with Crippen LogP contribution in [0.2, 0.25) is 0 Å². The molecule has 1 aliphatic rings. The second kappa shape index (κ2) is 12.4. The summed E-state index contributed by atoms with van der Waals surface area (Å²) >= 11 is 0. The Morgan fingerprint density at radius 2 is 1.93 bits per heavy atom. The first-order valence-electron chi connectivity index (χ1n) is 10.0. The molecular weight excluding hydrogens is 477 g/mol. The Bertz CT molecular complexity index is 780. The number of aromatic nitrogens is 1. The van der Waals surface area contributed by atoms with Crippen LogP contribution >= 0.6 is 24.0 Å². The van der Waals surface area contributed by atoms with E-state index >= 15 is 0 Å². The summed E-state index contributed by atoms with van der Waals surface area (Å²) in [6.45, 7) is 5.86. The maximum Gasteiger partial charge on any atom is 0.222 e. The van der Waals surface area contributed by atoms with E-state index in [1.54, 1.807) is 0 Å². The smallest absolute Gasteiger partial charge is 0.222 e. The maximum absolute atomic E-state index is 11.8. The van der Waals surface area contributed by atoms with E-state index in [-0.39, 0.29) is 29.9 Å². The quantitative estimate of drug-likeness (QED) is 0.328. The van der Waals surface area contributed by atoms with Crippen molar-refractivity contribution in [2.75, 3.05) is 19.6 Å². The number of carbonyl (C=O) groups excluding carboxylic acids is 1. The molecule has 1 fully saturated rings. The van der Waals surface area contributed by atoms with Crippen LogP contribution in [-0.2, 0) is 24.3 Å². The van der Waals surface area contributed by atoms with E-state index in [0.717, 1.165) is 49.7 Å². The highest BCUT2D eigenvalue weighted by Gasteiger charge is 2.19. The Hall–Kier alpha value is -2.16. The lowest BCUT2D eigenvalue weighted by Gasteiger charge is -2.15. The number of benzene rings is 1. The molecule has 1 aromatic heterocycles. The van der Waals surface area contributed by atoms with Crippen LogP contribution in [0.5, 0.6) is 0 Å². The van der Waals surface area contributed by atoms with Crippen molar-refractivity contribution < 1.29 is 4.79 Å². The first-order valence-corrected chi connectivity index (χ1v) is 10.0. The lowest BCUT2D eigenvalue weighted by atomic mass is 10.1. The minimum absolute atomic E-state index is 0. The van der Waals surface area contributed by atoms with Crippen LogP contribution in [0.15, 0.2) is 53.7 Å². The third-order valence-electron chi connectivity index (χ3n) is 4.73. The van der Waals surface area contributed by atoms with Crippen LogP contribution in [0.1, 0.15) is 36.6 Å². The number of guanidine groups is 1. The van der Waals surface area contributed by atoms with Crippen molar-refractivity contribution in [2.24, 2.45) is 4.99 Å². The van der Waals surface area contributed by atoms with Gasteiger partial charge in [-0.3, -0.25) is 9.78 Å². The molecule has 1 saturated heterocycles. The van der Waals surface area contributed by atoms with Crippen LogP contribution in [0.4, 0.5) is 0 Å². The van der Waals surface area contributed by atoms with Gasteiger partial charge in [-0.2, -0.15) is 0 Å². The fraction of sp³-hybridized carbons (Fsp3) is 0.409. The molecule has 7 heteroatoms. The molecule has 0 saturated carbocycles. The van der Waals surface area contributed by atoms with Gasteiger partial charge in [-0.25, -0.2) is 4.99 Å². The molecule has 6 nitrogen and oxygen atoms in total. The zero-order valence-corrected chi connectivity index (χ0v) is 19.3. The predicted molar refractivity (Wildman–Crippen MR) is 127 cm³/mol. The highest BCUT2D eigenvalue weighted by Crippen LogP contribution is 2.15. The van der Waals surface area contributed by atoms with Gasteiger partial charge in [0.25, 0.3) is 0 Å². The number of likely N-dealkylation sites (tertiary alicyclic amines) is 1. The molecule has 2 aromatic rings. The van der Waals surface area contributed by atoms with E-state index < -0.39 is 0 Å². The lowest BCUT2D eigenvalue weighted by Crippen LogP contribution is -2.38. The third kappa shape index (κ3) is 7.64. The van der Waals surface area contributed by atoms with Crippen molar-refractivity contribution in [3.05, 3.63) is 65.5 Å². The summed E-state index contributed by atoms with van der Waals surface area (Å²) in [6, 6.07) is 14.3. The molecule has 156 valence electrons. The maximum atomic E-state index is 11.8. The van der Waals surface area contributed by atoms with Crippen molar-refractivity contribution in [2.45, 2.75) is 39.3 Å². The average molecular weight is 507 g/mol. The summed E-state index contributed by atoms with van der Waals surface area (Å²) in [5.41, 5.74) is 3.39. The summed E-state index contributed by atoms with van der Waals surface area (Å²) in [6.07, 6.45) is 4.34. The molecular formula is C22H30IN5O. The van der Waals surface area contributed by atoms with Crippen LogP contribution in [-0.4, -0.2) is 41.4 Å². The van der Waals surface area contributed by atoms with Crippen LogP contribution in [0, 0.1) is 0 Å². The highest BCUT2D eigenvalue weighted by atomic mass is 127. The molecule has 0 atom stereocenters. The first kappa shape index (κ1) is 23.1. The van der Waals surface area contributed by atoms with E-state index in [2.05, 4.69) is 51.8 Å². The summed E-state index contributed by atoms with van der Waals surface area (Å²) in [7, 11) is 0. The van der Waals surface area contributed by atoms with Crippen LogP contribution < -0.4 is 10.6 Å². The average Bonchev–Trinajstić information content (AvgIpc) is 3.12. The summed E-state index contributed by atoms with van der Waals surface area (Å²) < 4.78 is 0. The van der Waals surface area contributed by atoms with Gasteiger partial charge in [0.15, 0.2) is 5.96 Å². The summed E-state index contributed by atoms with van der Waals surface area (Å²) in [5.74, 6) is 1.07. The van der Waals surface area contributed by atoms with E-state index in [4.69, 9.17) is 0 Å². The summed E-state index contributed by atoms with van der Waals surface area (Å²) in [5, 5.41) is 6.64. The van der Waals surface area contributed by atoms with Gasteiger partial charge in [-0.15, -0.1) is 24.0 Å². The number of hydrogen-bond donors (Lipinski definition) is 2. The Morgan fingerprint density at radius 1 is 1.14 bits per heavy atom. The minimum atomic E-state index is 0. The minimum Gasteiger partial charge on any atom is -0.357 e. The fourth-order valence-electron chi connectivity index (χ4n) is 3.21. The molecule has 0 unspecified atom stereocenters. The fourth-order valence-corrected chi connectivity index (χ4v) is 3.21. The van der Waals surface area contributed by atoms with Crippen LogP contribution in [0.3, 0.4) is 0 Å². The van der Waals surface area contributed by atoms with Crippen LogP contribution in [0.25, 0.3) is 0 Å². The number of pyridine rings is 1. The normalized spacial score (nSPS) is 13.9. The van der Waals surface area contributed by atoms with Gasteiger partial charge < -0.3 is 15.5 Å². The number of hydrogen-bond acceptors (Lipinski definition) is 3. The first-order chi connectivity index (χ1) is 13.7. The Balaban J connectivity index is 0.00000300. The zero-order chi connectivity index (χ0) is 19.6. The molecule has 0 aliphatic carbocycles. The Labute approximate surface area is 190 Å². The molecule has 0 spiro atoms. The van der Waals surface area contributed by atoms with E-state index in [1.165, 1.54) is 5.56 Å². The summed E-state index contributed by atoms with van der Waals surface area (Å²) in [4.78, 5) is 22.7. The molecule has 29 heavy (non-hydrogen) atoms. The number of aliphatic imine (C=N–C) groups is 1. The van der Waals surface area contributed by atoms with Gasteiger partial charge >= 0.3 is 0 Å². The van der Waals surface area contributed by atoms with Gasteiger partial charge in [0.2, 0.25) is 5.91 Å². The third-order valence-corrected chi connectivity index (χ3v) is 4.73. The lowest BCUT2D eigenvalue weighted by molar-refractivity contribution is -0.128. The van der Waals surface area contributed by atoms with Crippen molar-refractivity contribution >= 4 is 35.8 Å². The molecule has 2 heterocycles. The van der Waals surface area contributed by atoms with Gasteiger partial charge in [-0.05, 0) is 36.6 Å². The molecule has 1 amide bonds. The van der Waals surface area contributed by atoms with Gasteiger partial charge in [0.1, 0.15) is 0 Å². The van der Waals surface area contributed by atoms with Crippen molar-refractivity contribution in [1.82, 2.24) is 20.5 Å².